The third kappa shape index (κ3) is 12.5. The molecule has 0 saturated carbocycles. The third-order valence-electron chi connectivity index (χ3n) is 3.08. The van der Waals surface area contributed by atoms with Gasteiger partial charge in [-0.3, -0.25) is 0 Å². The Bertz CT molecular complexity index is 656. The minimum atomic E-state index is 0. The molecule has 0 aromatic heterocycles. The first kappa shape index (κ1) is 27.4. The first-order valence-corrected chi connectivity index (χ1v) is 10.3. The van der Waals surface area contributed by atoms with Crippen LogP contribution in [-0.2, 0) is 5.33 Å². The first-order valence-electron chi connectivity index (χ1n) is 7.56. The Morgan fingerprint density at radius 1 is 0.692 bits per heavy atom. The normalized spacial score (nSPS) is 8.50. The maximum Gasteiger partial charge on any atom is 0.0283 e. The number of benzene rings is 3. The lowest BCUT2D eigenvalue weighted by Crippen LogP contribution is -1.70. The van der Waals surface area contributed by atoms with Crippen molar-refractivity contribution in [2.45, 2.75) is 26.6 Å². The molecule has 0 N–H and O–H groups in total. The fourth-order valence-corrected chi connectivity index (χ4v) is 2.57. The van der Waals surface area contributed by atoms with Gasteiger partial charge in [-0.15, -0.1) is 0 Å². The fourth-order valence-electron chi connectivity index (χ4n) is 1.65. The van der Waals surface area contributed by atoms with Crippen LogP contribution < -0.4 is 0 Å². The number of halogens is 3. The van der Waals surface area contributed by atoms with Crippen LogP contribution in [0.4, 0.5) is 0 Å². The van der Waals surface area contributed by atoms with Crippen LogP contribution in [0, 0.1) is 13.8 Å². The van der Waals surface area contributed by atoms with Gasteiger partial charge in [-0.05, 0) is 43.2 Å². The van der Waals surface area contributed by atoms with Crippen LogP contribution >= 0.6 is 47.8 Å². The monoisotopic (exact) mass is 537 g/mol. The highest BCUT2D eigenvalue weighted by Gasteiger charge is 1.86. The summed E-state index contributed by atoms with van der Waals surface area (Å²) in [6, 6.07) is 26.7. The van der Waals surface area contributed by atoms with Gasteiger partial charge in [0.2, 0.25) is 0 Å². The first-order chi connectivity index (χ1) is 11.5. The van der Waals surface area contributed by atoms with Gasteiger partial charge >= 0.3 is 0 Å². The molecule has 0 unspecified atom stereocenters. The molecule has 0 aliphatic rings. The molecule has 26 heavy (non-hydrogen) atoms. The number of alkyl halides is 1. The molecule has 0 aliphatic heterocycles. The third-order valence-corrected chi connectivity index (χ3v) is 5.15. The molecular weight excluding hydrogens is 515 g/mol. The molecule has 0 heterocycles. The minimum absolute atomic E-state index is 0. The van der Waals surface area contributed by atoms with Crippen LogP contribution in [0.25, 0.3) is 0 Å². The van der Waals surface area contributed by atoms with E-state index in [9.17, 15) is 0 Å². The van der Waals surface area contributed by atoms with Crippen molar-refractivity contribution < 1.29 is 0 Å². The van der Waals surface area contributed by atoms with E-state index in [1.807, 2.05) is 48.5 Å². The Kier molecular flexibility index (Phi) is 17.2. The van der Waals surface area contributed by atoms with E-state index >= 15 is 0 Å². The molecular formula is C22H25BBr3. The summed E-state index contributed by atoms with van der Waals surface area (Å²) in [7, 11) is 0. The van der Waals surface area contributed by atoms with Crippen LogP contribution in [0.1, 0.15) is 24.1 Å². The smallest absolute Gasteiger partial charge is 0.0283 e. The van der Waals surface area contributed by atoms with Gasteiger partial charge < -0.3 is 0 Å². The van der Waals surface area contributed by atoms with E-state index in [1.165, 1.54) is 21.2 Å². The lowest BCUT2D eigenvalue weighted by atomic mass is 10.2. The van der Waals surface area contributed by atoms with Crippen molar-refractivity contribution in [3.8, 4) is 0 Å². The second-order valence-electron chi connectivity index (χ2n) is 5.16. The average Bonchev–Trinajstić information content (AvgIpc) is 2.62. The van der Waals surface area contributed by atoms with Crippen LogP contribution in [0.3, 0.4) is 0 Å². The summed E-state index contributed by atoms with van der Waals surface area (Å²) < 4.78 is 2.32. The number of rotatable bonds is 1. The fraction of sp³-hybridized carbons (Fsp3) is 0.182. The summed E-state index contributed by atoms with van der Waals surface area (Å²) in [5.41, 5.74) is 3.91. The van der Waals surface area contributed by atoms with Gasteiger partial charge in [0.1, 0.15) is 0 Å². The van der Waals surface area contributed by atoms with Gasteiger partial charge in [0, 0.05) is 22.7 Å². The quantitative estimate of drug-likeness (QED) is 0.215. The predicted molar refractivity (Wildman–Crippen MR) is 129 cm³/mol. The lowest BCUT2D eigenvalue weighted by Gasteiger charge is -1.91. The highest BCUT2D eigenvalue weighted by atomic mass is 79.9. The van der Waals surface area contributed by atoms with Crippen molar-refractivity contribution in [1.29, 1.82) is 0 Å². The Morgan fingerprint density at radius 3 is 1.54 bits per heavy atom. The highest BCUT2D eigenvalue weighted by Crippen LogP contribution is 2.13. The average molecular weight is 540 g/mol. The highest BCUT2D eigenvalue weighted by molar-refractivity contribution is 9.10. The van der Waals surface area contributed by atoms with E-state index in [0.29, 0.717) is 0 Å². The summed E-state index contributed by atoms with van der Waals surface area (Å²) in [4.78, 5) is 0. The second kappa shape index (κ2) is 16.3. The maximum atomic E-state index is 3.40. The molecule has 0 bridgehead atoms. The van der Waals surface area contributed by atoms with Gasteiger partial charge in [-0.25, -0.2) is 0 Å². The summed E-state index contributed by atoms with van der Waals surface area (Å²) >= 11 is 10.1. The van der Waals surface area contributed by atoms with Gasteiger partial charge in [0.05, 0.1) is 0 Å². The Balaban J connectivity index is 0. The Hall–Kier alpha value is -0.835. The van der Waals surface area contributed by atoms with Gasteiger partial charge in [0.25, 0.3) is 0 Å². The van der Waals surface area contributed by atoms with Crippen LogP contribution in [0.2, 0.25) is 0 Å². The maximum absolute atomic E-state index is 3.40. The van der Waals surface area contributed by atoms with Crippen molar-refractivity contribution in [3.63, 3.8) is 0 Å². The predicted octanol–water partition coefficient (Wildman–Crippen LogP) is 8.35. The molecule has 3 rings (SSSR count). The van der Waals surface area contributed by atoms with E-state index in [2.05, 4.69) is 92.0 Å². The minimum Gasteiger partial charge on any atom is -0.0876 e. The molecule has 0 spiro atoms. The second-order valence-corrected chi connectivity index (χ2v) is 7.49. The van der Waals surface area contributed by atoms with Gasteiger partial charge in [0.15, 0.2) is 0 Å². The standard InChI is InChI=1S/3C7H7Br.CH4.B/c1-6-2-4-7(8)5-3-6;1-6-4-2-3-5-7(6)8;8-6-7-4-2-1-3-5-7;;/h2*2-5H,1H3;1-5H,6H2;1H4;. The van der Waals surface area contributed by atoms with Crippen LogP contribution in [0.15, 0.2) is 87.8 Å². The van der Waals surface area contributed by atoms with Crippen LogP contribution in [0.5, 0.6) is 0 Å². The zero-order valence-corrected chi connectivity index (χ0v) is 19.2. The van der Waals surface area contributed by atoms with Crippen LogP contribution in [-0.4, -0.2) is 8.41 Å². The van der Waals surface area contributed by atoms with Crippen molar-refractivity contribution in [3.05, 3.63) is 104 Å². The van der Waals surface area contributed by atoms with E-state index < -0.39 is 0 Å². The summed E-state index contributed by atoms with van der Waals surface area (Å²) in [6.45, 7) is 4.15. The summed E-state index contributed by atoms with van der Waals surface area (Å²) in [5.74, 6) is 0. The molecule has 0 atom stereocenters. The largest absolute Gasteiger partial charge is 0.0876 e. The summed E-state index contributed by atoms with van der Waals surface area (Å²) in [6.07, 6.45) is 0. The molecule has 0 amide bonds. The van der Waals surface area contributed by atoms with Crippen molar-refractivity contribution in [2.24, 2.45) is 0 Å². The number of aryl methyl sites for hydroxylation is 2. The summed E-state index contributed by atoms with van der Waals surface area (Å²) in [5, 5.41) is 0.952. The molecule has 137 valence electrons. The van der Waals surface area contributed by atoms with E-state index in [-0.39, 0.29) is 15.8 Å². The Morgan fingerprint density at radius 2 is 1.19 bits per heavy atom. The van der Waals surface area contributed by atoms with E-state index in [4.69, 9.17) is 0 Å². The number of hydrogen-bond acceptors (Lipinski definition) is 0. The zero-order valence-electron chi connectivity index (χ0n) is 14.4. The molecule has 0 fully saturated rings. The zero-order chi connectivity index (χ0) is 17.8. The Labute approximate surface area is 186 Å². The molecule has 0 saturated heterocycles. The lowest BCUT2D eigenvalue weighted by molar-refractivity contribution is 1.43. The topological polar surface area (TPSA) is 0 Å². The van der Waals surface area contributed by atoms with E-state index in [0.717, 1.165) is 9.80 Å². The molecule has 4 heteroatoms. The molecule has 3 aromatic carbocycles. The van der Waals surface area contributed by atoms with Gasteiger partial charge in [-0.2, -0.15) is 0 Å². The van der Waals surface area contributed by atoms with Crippen molar-refractivity contribution >= 4 is 56.2 Å². The van der Waals surface area contributed by atoms with Crippen molar-refractivity contribution in [1.82, 2.24) is 0 Å². The molecule has 0 nitrogen and oxygen atoms in total. The number of hydrogen-bond donors (Lipinski definition) is 0. The van der Waals surface area contributed by atoms with Crippen molar-refractivity contribution in [2.75, 3.05) is 0 Å². The van der Waals surface area contributed by atoms with E-state index in [1.54, 1.807) is 0 Å². The molecule has 3 radical (unpaired) electrons. The molecule has 0 aliphatic carbocycles. The molecule has 3 aromatic rings. The van der Waals surface area contributed by atoms with Gasteiger partial charge in [-0.1, -0.05) is 121 Å². The SMILES string of the molecule is BrCc1ccccc1.C.Cc1ccc(Br)cc1.Cc1ccccc1Br.[B].